The van der Waals surface area contributed by atoms with E-state index in [4.69, 9.17) is 11.6 Å². The van der Waals surface area contributed by atoms with Crippen LogP contribution in [0.1, 0.15) is 0 Å². The maximum atomic E-state index is 5.65. The Labute approximate surface area is 74.6 Å². The van der Waals surface area contributed by atoms with Gasteiger partial charge in [-0.2, -0.15) is 5.10 Å². The lowest BCUT2D eigenvalue weighted by Crippen LogP contribution is -1.96. The van der Waals surface area contributed by atoms with Crippen LogP contribution in [0.3, 0.4) is 0 Å². The van der Waals surface area contributed by atoms with Gasteiger partial charge in [-0.3, -0.25) is 0 Å². The van der Waals surface area contributed by atoms with Gasteiger partial charge >= 0.3 is 0 Å². The lowest BCUT2D eigenvalue weighted by Gasteiger charge is -1.96. The van der Waals surface area contributed by atoms with Crippen LogP contribution in [0.5, 0.6) is 0 Å². The summed E-state index contributed by atoms with van der Waals surface area (Å²) in [5, 5.41) is 4.47. The minimum atomic E-state index is 0.473. The molecule has 3 nitrogen and oxygen atoms in total. The zero-order valence-electron chi connectivity index (χ0n) is 6.18. The fourth-order valence-electron chi connectivity index (χ4n) is 0.919. The summed E-state index contributed by atoms with van der Waals surface area (Å²) >= 11 is 5.65. The van der Waals surface area contributed by atoms with Crippen molar-refractivity contribution >= 4 is 11.6 Å². The summed E-state index contributed by atoms with van der Waals surface area (Å²) in [5.74, 6) is 0.768. The maximum absolute atomic E-state index is 5.65. The van der Waals surface area contributed by atoms with E-state index in [1.54, 1.807) is 23.1 Å². The first kappa shape index (κ1) is 7.31. The molecular weight excluding hydrogens is 174 g/mol. The van der Waals surface area contributed by atoms with Crippen LogP contribution in [0.25, 0.3) is 5.82 Å². The maximum Gasteiger partial charge on any atom is 0.153 e. The van der Waals surface area contributed by atoms with Crippen LogP contribution in [0.2, 0.25) is 5.15 Å². The number of halogens is 1. The third-order valence-corrected chi connectivity index (χ3v) is 1.64. The molecular formula is C8H6ClN3. The van der Waals surface area contributed by atoms with Gasteiger partial charge in [0.2, 0.25) is 0 Å². The minimum Gasteiger partial charge on any atom is -0.237 e. The van der Waals surface area contributed by atoms with E-state index in [2.05, 4.69) is 10.1 Å². The van der Waals surface area contributed by atoms with Gasteiger partial charge in [-0.25, -0.2) is 9.67 Å². The second kappa shape index (κ2) is 2.95. The second-order valence-corrected chi connectivity index (χ2v) is 2.66. The van der Waals surface area contributed by atoms with Gasteiger partial charge in [0.15, 0.2) is 11.0 Å². The summed E-state index contributed by atoms with van der Waals surface area (Å²) < 4.78 is 1.63. The van der Waals surface area contributed by atoms with Crippen molar-refractivity contribution in [3.05, 3.63) is 41.8 Å². The molecule has 0 spiro atoms. The average molecular weight is 180 g/mol. The van der Waals surface area contributed by atoms with E-state index in [1.165, 1.54) is 0 Å². The molecule has 0 aliphatic rings. The molecule has 2 aromatic rings. The normalized spacial score (nSPS) is 10.1. The Kier molecular flexibility index (Phi) is 1.80. The van der Waals surface area contributed by atoms with E-state index in [9.17, 15) is 0 Å². The molecule has 0 saturated heterocycles. The lowest BCUT2D eigenvalue weighted by atomic mass is 10.5. The third-order valence-electron chi connectivity index (χ3n) is 1.44. The van der Waals surface area contributed by atoms with Gasteiger partial charge in [0.1, 0.15) is 0 Å². The second-order valence-electron chi connectivity index (χ2n) is 2.27. The Hall–Kier alpha value is -1.35. The van der Waals surface area contributed by atoms with E-state index in [0.717, 1.165) is 5.82 Å². The van der Waals surface area contributed by atoms with Crippen molar-refractivity contribution in [3.8, 4) is 5.82 Å². The highest BCUT2D eigenvalue weighted by atomic mass is 35.5. The first-order chi connectivity index (χ1) is 5.86. The molecule has 0 N–H and O–H groups in total. The number of aromatic nitrogens is 3. The highest BCUT2D eigenvalue weighted by Crippen LogP contribution is 2.06. The van der Waals surface area contributed by atoms with Gasteiger partial charge < -0.3 is 0 Å². The van der Waals surface area contributed by atoms with Crippen molar-refractivity contribution in [2.45, 2.75) is 0 Å². The molecule has 12 heavy (non-hydrogen) atoms. The van der Waals surface area contributed by atoms with Gasteiger partial charge in [-0.15, -0.1) is 0 Å². The fourth-order valence-corrected chi connectivity index (χ4v) is 1.06. The molecule has 0 unspecified atom stereocenters. The molecule has 0 aliphatic carbocycles. The smallest absolute Gasteiger partial charge is 0.153 e. The quantitative estimate of drug-likeness (QED) is 0.670. The molecule has 0 fully saturated rings. The minimum absolute atomic E-state index is 0.473. The van der Waals surface area contributed by atoms with Crippen molar-refractivity contribution in [3.63, 3.8) is 0 Å². The SMILES string of the molecule is Clc1ccn(-c2ccccn2)n1. The van der Waals surface area contributed by atoms with Crippen LogP contribution in [0.15, 0.2) is 36.7 Å². The van der Waals surface area contributed by atoms with Crippen LogP contribution in [-0.4, -0.2) is 14.8 Å². The molecule has 0 bridgehead atoms. The molecule has 2 heterocycles. The number of nitrogens with zero attached hydrogens (tertiary/aromatic N) is 3. The topological polar surface area (TPSA) is 30.7 Å². The Morgan fingerprint density at radius 1 is 1.25 bits per heavy atom. The molecule has 0 aliphatic heterocycles. The van der Waals surface area contributed by atoms with E-state index in [0.29, 0.717) is 5.15 Å². The van der Waals surface area contributed by atoms with Gasteiger partial charge in [-0.05, 0) is 18.2 Å². The summed E-state index contributed by atoms with van der Waals surface area (Å²) in [4.78, 5) is 4.10. The molecule has 0 saturated carbocycles. The van der Waals surface area contributed by atoms with Crippen molar-refractivity contribution < 1.29 is 0 Å². The summed E-state index contributed by atoms with van der Waals surface area (Å²) in [6.45, 7) is 0. The van der Waals surface area contributed by atoms with E-state index >= 15 is 0 Å². The molecule has 0 radical (unpaired) electrons. The predicted octanol–water partition coefficient (Wildman–Crippen LogP) is 1.92. The lowest BCUT2D eigenvalue weighted by molar-refractivity contribution is 0.847. The van der Waals surface area contributed by atoms with E-state index < -0.39 is 0 Å². The molecule has 2 rings (SSSR count). The summed E-state index contributed by atoms with van der Waals surface area (Å²) in [7, 11) is 0. The van der Waals surface area contributed by atoms with Gasteiger partial charge in [-0.1, -0.05) is 17.7 Å². The predicted molar refractivity (Wildman–Crippen MR) is 46.4 cm³/mol. The Balaban J connectivity index is 2.45. The molecule has 0 atom stereocenters. The van der Waals surface area contributed by atoms with Crippen LogP contribution in [0, 0.1) is 0 Å². The largest absolute Gasteiger partial charge is 0.237 e. The summed E-state index contributed by atoms with van der Waals surface area (Å²) in [5.41, 5.74) is 0. The number of hydrogen-bond donors (Lipinski definition) is 0. The highest BCUT2D eigenvalue weighted by molar-refractivity contribution is 6.29. The molecule has 0 aromatic carbocycles. The molecule has 0 amide bonds. The van der Waals surface area contributed by atoms with Gasteiger partial charge in [0.25, 0.3) is 0 Å². The van der Waals surface area contributed by atoms with Crippen LogP contribution in [0.4, 0.5) is 0 Å². The summed E-state index contributed by atoms with van der Waals surface area (Å²) in [6.07, 6.45) is 3.48. The molecule has 2 aromatic heterocycles. The first-order valence-electron chi connectivity index (χ1n) is 3.49. The third kappa shape index (κ3) is 1.31. The zero-order chi connectivity index (χ0) is 8.39. The van der Waals surface area contributed by atoms with Crippen LogP contribution < -0.4 is 0 Å². The Morgan fingerprint density at radius 3 is 2.75 bits per heavy atom. The van der Waals surface area contributed by atoms with Crippen molar-refractivity contribution in [1.29, 1.82) is 0 Å². The average Bonchev–Trinajstić information content (AvgIpc) is 2.54. The van der Waals surface area contributed by atoms with Crippen molar-refractivity contribution in [1.82, 2.24) is 14.8 Å². The van der Waals surface area contributed by atoms with Crippen LogP contribution >= 0.6 is 11.6 Å². The van der Waals surface area contributed by atoms with Crippen molar-refractivity contribution in [2.24, 2.45) is 0 Å². The Bertz CT molecular complexity index is 369. The number of rotatable bonds is 1. The summed E-state index contributed by atoms with van der Waals surface area (Å²) in [6, 6.07) is 7.34. The van der Waals surface area contributed by atoms with Gasteiger partial charge in [0, 0.05) is 12.4 Å². The monoisotopic (exact) mass is 179 g/mol. The molecule has 4 heteroatoms. The van der Waals surface area contributed by atoms with Crippen LogP contribution in [-0.2, 0) is 0 Å². The van der Waals surface area contributed by atoms with E-state index in [1.807, 2.05) is 18.2 Å². The van der Waals surface area contributed by atoms with Crippen molar-refractivity contribution in [2.75, 3.05) is 0 Å². The Morgan fingerprint density at radius 2 is 2.17 bits per heavy atom. The number of hydrogen-bond acceptors (Lipinski definition) is 2. The first-order valence-corrected chi connectivity index (χ1v) is 3.86. The van der Waals surface area contributed by atoms with E-state index in [-0.39, 0.29) is 0 Å². The number of pyridine rings is 1. The fraction of sp³-hybridized carbons (Fsp3) is 0. The van der Waals surface area contributed by atoms with Gasteiger partial charge in [0.05, 0.1) is 0 Å². The molecule has 60 valence electrons. The zero-order valence-corrected chi connectivity index (χ0v) is 6.94. The highest BCUT2D eigenvalue weighted by Gasteiger charge is 1.97. The standard InChI is InChI=1S/C8H6ClN3/c9-7-4-6-12(11-7)8-3-1-2-5-10-8/h1-6H.